The van der Waals surface area contributed by atoms with Gasteiger partial charge in [-0.3, -0.25) is 9.78 Å². The number of nitrogens with zero attached hydrogens (tertiary/aromatic N) is 7. The summed E-state index contributed by atoms with van der Waals surface area (Å²) in [6.07, 6.45) is -0.808. The number of carbonyl (C=O) groups is 1. The van der Waals surface area contributed by atoms with E-state index in [0.29, 0.717) is 5.69 Å². The molecule has 0 fully saturated rings. The molecule has 4 rings (SSSR count). The van der Waals surface area contributed by atoms with Gasteiger partial charge in [-0.1, -0.05) is 11.2 Å². The molecule has 1 amide bonds. The number of aromatic nitrogens is 6. The van der Waals surface area contributed by atoms with Crippen LogP contribution in [-0.2, 0) is 23.1 Å². The molecule has 0 radical (unpaired) electrons. The number of carbonyl (C=O) groups excluding carboxylic acids is 1. The summed E-state index contributed by atoms with van der Waals surface area (Å²) in [5.74, 6) is -2.70. The van der Waals surface area contributed by atoms with Crippen LogP contribution in [0.4, 0.5) is 23.2 Å². The standard InChI is InChI=1S/C21H17F4N7O2/c1-20(2,32-12-26-11-28-32)19(33)31(16-5-3-4-14(22)8-16)10-15-7-6-13(9-27-15)17-29-18(34-30-17)21(23,24)25/h3-9,11-12H,10H2,1-2H3. The predicted octanol–water partition coefficient (Wildman–Crippen LogP) is 3.85. The quantitative estimate of drug-likeness (QED) is 0.390. The molecule has 176 valence electrons. The van der Waals surface area contributed by atoms with Gasteiger partial charge in [0.2, 0.25) is 5.82 Å². The first-order valence-electron chi connectivity index (χ1n) is 9.84. The van der Waals surface area contributed by atoms with E-state index in [0.717, 1.165) is 0 Å². The highest BCUT2D eigenvalue weighted by Crippen LogP contribution is 2.29. The summed E-state index contributed by atoms with van der Waals surface area (Å²) >= 11 is 0. The van der Waals surface area contributed by atoms with E-state index in [1.807, 2.05) is 0 Å². The fraction of sp³-hybridized carbons (Fsp3) is 0.238. The maximum atomic E-state index is 13.9. The van der Waals surface area contributed by atoms with Crippen molar-refractivity contribution in [2.45, 2.75) is 32.1 Å². The van der Waals surface area contributed by atoms with Gasteiger partial charge in [-0.15, -0.1) is 0 Å². The van der Waals surface area contributed by atoms with E-state index in [1.165, 1.54) is 58.8 Å². The number of anilines is 1. The molecule has 0 saturated carbocycles. The molecular weight excluding hydrogens is 458 g/mol. The van der Waals surface area contributed by atoms with Crippen molar-refractivity contribution in [2.75, 3.05) is 4.90 Å². The second kappa shape index (κ2) is 8.65. The Bertz CT molecular complexity index is 1290. The third kappa shape index (κ3) is 4.63. The lowest BCUT2D eigenvalue weighted by atomic mass is 10.0. The van der Waals surface area contributed by atoms with Crippen LogP contribution in [0.25, 0.3) is 11.4 Å². The smallest absolute Gasteiger partial charge is 0.329 e. The Morgan fingerprint density at radius 1 is 1.18 bits per heavy atom. The lowest BCUT2D eigenvalue weighted by Crippen LogP contribution is -2.47. The molecular formula is C21H17F4N7O2. The Balaban J connectivity index is 1.63. The summed E-state index contributed by atoms with van der Waals surface area (Å²) < 4.78 is 57.7. The van der Waals surface area contributed by atoms with Gasteiger partial charge in [0.1, 0.15) is 24.0 Å². The second-order valence-electron chi connectivity index (χ2n) is 7.73. The molecule has 0 atom stereocenters. The summed E-state index contributed by atoms with van der Waals surface area (Å²) in [4.78, 5) is 26.3. The summed E-state index contributed by atoms with van der Waals surface area (Å²) in [5, 5.41) is 7.36. The van der Waals surface area contributed by atoms with Gasteiger partial charge in [0.25, 0.3) is 5.91 Å². The van der Waals surface area contributed by atoms with Crippen molar-refractivity contribution in [3.05, 3.63) is 72.7 Å². The SMILES string of the molecule is CC(C)(C(=O)N(Cc1ccc(-c2noc(C(F)(F)F)n2)cn1)c1cccc(F)c1)n1cncn1. The highest BCUT2D eigenvalue weighted by molar-refractivity contribution is 5.98. The van der Waals surface area contributed by atoms with Crippen molar-refractivity contribution in [2.24, 2.45) is 0 Å². The Labute approximate surface area is 190 Å². The van der Waals surface area contributed by atoms with Crippen LogP contribution >= 0.6 is 0 Å². The van der Waals surface area contributed by atoms with Crippen LogP contribution in [-0.4, -0.2) is 35.8 Å². The van der Waals surface area contributed by atoms with Gasteiger partial charge in [-0.25, -0.2) is 14.1 Å². The van der Waals surface area contributed by atoms with Crippen LogP contribution in [0.3, 0.4) is 0 Å². The van der Waals surface area contributed by atoms with Crippen LogP contribution in [0.2, 0.25) is 0 Å². The second-order valence-corrected chi connectivity index (χ2v) is 7.73. The van der Waals surface area contributed by atoms with Crippen LogP contribution in [0, 0.1) is 5.82 Å². The summed E-state index contributed by atoms with van der Waals surface area (Å²) in [5.41, 5.74) is -0.302. The normalized spacial score (nSPS) is 12.1. The van der Waals surface area contributed by atoms with Crippen LogP contribution in [0.5, 0.6) is 0 Å². The average Bonchev–Trinajstić information content (AvgIpc) is 3.50. The Morgan fingerprint density at radius 2 is 1.97 bits per heavy atom. The number of rotatable bonds is 6. The van der Waals surface area contributed by atoms with Gasteiger partial charge in [-0.05, 0) is 44.2 Å². The molecule has 9 nitrogen and oxygen atoms in total. The minimum absolute atomic E-state index is 0.0548. The number of pyridine rings is 1. The van der Waals surface area contributed by atoms with E-state index in [-0.39, 0.29) is 23.6 Å². The van der Waals surface area contributed by atoms with Crippen molar-refractivity contribution >= 4 is 11.6 Å². The maximum Gasteiger partial charge on any atom is 0.471 e. The Kier molecular flexibility index (Phi) is 5.85. The lowest BCUT2D eigenvalue weighted by Gasteiger charge is -2.32. The first kappa shape index (κ1) is 23.0. The zero-order valence-electron chi connectivity index (χ0n) is 17.9. The van der Waals surface area contributed by atoms with Gasteiger partial charge in [0, 0.05) is 17.4 Å². The molecule has 0 unspecified atom stereocenters. The molecule has 34 heavy (non-hydrogen) atoms. The first-order chi connectivity index (χ1) is 16.1. The predicted molar refractivity (Wildman–Crippen MR) is 109 cm³/mol. The van der Waals surface area contributed by atoms with E-state index < -0.39 is 29.3 Å². The molecule has 13 heteroatoms. The summed E-state index contributed by atoms with van der Waals surface area (Å²) in [6.45, 7) is 3.23. The maximum absolute atomic E-state index is 13.9. The fourth-order valence-electron chi connectivity index (χ4n) is 3.12. The largest absolute Gasteiger partial charge is 0.471 e. The third-order valence-corrected chi connectivity index (χ3v) is 4.95. The van der Waals surface area contributed by atoms with Gasteiger partial charge >= 0.3 is 12.1 Å². The Morgan fingerprint density at radius 3 is 2.56 bits per heavy atom. The van der Waals surface area contributed by atoms with Crippen molar-refractivity contribution < 1.29 is 26.9 Å². The molecule has 0 aliphatic heterocycles. The lowest BCUT2D eigenvalue weighted by molar-refractivity contribution is -0.159. The van der Waals surface area contributed by atoms with Crippen molar-refractivity contribution in [1.29, 1.82) is 0 Å². The third-order valence-electron chi connectivity index (χ3n) is 4.95. The molecule has 0 aliphatic rings. The van der Waals surface area contributed by atoms with Crippen molar-refractivity contribution in [1.82, 2.24) is 29.9 Å². The molecule has 0 N–H and O–H groups in total. The monoisotopic (exact) mass is 475 g/mol. The van der Waals surface area contributed by atoms with E-state index >= 15 is 0 Å². The zero-order valence-corrected chi connectivity index (χ0v) is 17.9. The van der Waals surface area contributed by atoms with E-state index in [9.17, 15) is 22.4 Å². The molecule has 1 aromatic carbocycles. The number of benzene rings is 1. The number of hydrogen-bond donors (Lipinski definition) is 0. The molecule has 0 aliphatic carbocycles. The highest BCUT2D eigenvalue weighted by Gasteiger charge is 2.39. The van der Waals surface area contributed by atoms with Crippen molar-refractivity contribution in [3.8, 4) is 11.4 Å². The summed E-state index contributed by atoms with van der Waals surface area (Å²) in [7, 11) is 0. The van der Waals surface area contributed by atoms with Crippen LogP contribution in [0.15, 0.2) is 59.8 Å². The van der Waals surface area contributed by atoms with Gasteiger partial charge in [0.05, 0.1) is 12.2 Å². The molecule has 0 spiro atoms. The van der Waals surface area contributed by atoms with Crippen molar-refractivity contribution in [3.63, 3.8) is 0 Å². The van der Waals surface area contributed by atoms with Crippen LogP contribution < -0.4 is 4.90 Å². The first-order valence-corrected chi connectivity index (χ1v) is 9.84. The fourth-order valence-corrected chi connectivity index (χ4v) is 3.12. The number of alkyl halides is 3. The zero-order chi connectivity index (χ0) is 24.5. The topological polar surface area (TPSA) is 103 Å². The highest BCUT2D eigenvalue weighted by atomic mass is 19.4. The van der Waals surface area contributed by atoms with Crippen LogP contribution in [0.1, 0.15) is 25.4 Å². The average molecular weight is 475 g/mol. The van der Waals surface area contributed by atoms with Gasteiger partial charge in [-0.2, -0.15) is 23.3 Å². The van der Waals surface area contributed by atoms with E-state index in [1.54, 1.807) is 19.9 Å². The number of amides is 1. The number of halogens is 4. The minimum Gasteiger partial charge on any atom is -0.329 e. The number of hydrogen-bond acceptors (Lipinski definition) is 7. The van der Waals surface area contributed by atoms with E-state index in [4.69, 9.17) is 0 Å². The summed E-state index contributed by atoms with van der Waals surface area (Å²) in [6, 6.07) is 8.46. The van der Waals surface area contributed by atoms with Gasteiger partial charge < -0.3 is 9.42 Å². The minimum atomic E-state index is -4.76. The molecule has 0 saturated heterocycles. The van der Waals surface area contributed by atoms with E-state index in [2.05, 4.69) is 29.7 Å². The molecule has 3 aromatic heterocycles. The molecule has 4 aromatic rings. The molecule has 0 bridgehead atoms. The Hall–Kier alpha value is -4.16. The van der Waals surface area contributed by atoms with Gasteiger partial charge in [0.15, 0.2) is 0 Å². The molecule has 3 heterocycles.